The van der Waals surface area contributed by atoms with Gasteiger partial charge in [-0.15, -0.1) is 0 Å². The SMILES string of the molecule is NC(=O)[C@@H](Cc1c[nH]c2ccccc12)NC(=O)[C@H](O)c1ccc(C(F)(F)F)cc1. The molecule has 1 aromatic heterocycles. The number of aromatic amines is 1. The highest BCUT2D eigenvalue weighted by Crippen LogP contribution is 2.30. The molecule has 0 saturated heterocycles. The number of carbonyl (C=O) groups is 2. The third-order valence-electron chi connectivity index (χ3n) is 4.56. The van der Waals surface area contributed by atoms with Crippen LogP contribution in [-0.2, 0) is 22.2 Å². The van der Waals surface area contributed by atoms with E-state index in [0.717, 1.165) is 40.7 Å². The summed E-state index contributed by atoms with van der Waals surface area (Å²) >= 11 is 0. The normalized spacial score (nSPS) is 13.8. The second-order valence-corrected chi connectivity index (χ2v) is 6.55. The van der Waals surface area contributed by atoms with E-state index in [1.807, 2.05) is 24.3 Å². The van der Waals surface area contributed by atoms with Gasteiger partial charge in [0.2, 0.25) is 5.91 Å². The summed E-state index contributed by atoms with van der Waals surface area (Å²) in [6.45, 7) is 0. The van der Waals surface area contributed by atoms with Gasteiger partial charge in [0.1, 0.15) is 6.04 Å². The van der Waals surface area contributed by atoms with E-state index in [-0.39, 0.29) is 12.0 Å². The maximum absolute atomic E-state index is 12.6. The monoisotopic (exact) mass is 405 g/mol. The van der Waals surface area contributed by atoms with E-state index in [4.69, 9.17) is 5.73 Å². The van der Waals surface area contributed by atoms with Gasteiger partial charge >= 0.3 is 6.18 Å². The number of aliphatic hydroxyl groups excluding tert-OH is 1. The number of H-pyrrole nitrogens is 1. The number of aliphatic hydroxyl groups is 1. The van der Waals surface area contributed by atoms with Crippen LogP contribution in [0.5, 0.6) is 0 Å². The highest BCUT2D eigenvalue weighted by Gasteiger charge is 2.31. The number of primary amides is 1. The Bertz CT molecular complexity index is 1030. The molecule has 2 amide bonds. The summed E-state index contributed by atoms with van der Waals surface area (Å²) in [5.41, 5.74) is 6.04. The van der Waals surface area contributed by atoms with Gasteiger partial charge in [0, 0.05) is 23.5 Å². The standard InChI is InChI=1S/C20H18F3N3O3/c21-20(22,23)13-7-5-11(6-8-13)17(27)19(29)26-16(18(24)28)9-12-10-25-15-4-2-1-3-14(12)15/h1-8,10,16-17,25,27H,9H2,(H2,24,28)(H,26,29)/t16-,17-/m1/s1. The number of alkyl halides is 3. The van der Waals surface area contributed by atoms with Gasteiger partial charge in [-0.1, -0.05) is 30.3 Å². The molecule has 0 aliphatic carbocycles. The smallest absolute Gasteiger partial charge is 0.378 e. The summed E-state index contributed by atoms with van der Waals surface area (Å²) < 4.78 is 37.9. The third kappa shape index (κ3) is 4.57. The van der Waals surface area contributed by atoms with Crippen LogP contribution in [0.3, 0.4) is 0 Å². The van der Waals surface area contributed by atoms with Gasteiger partial charge in [-0.2, -0.15) is 13.2 Å². The first kappa shape index (κ1) is 20.4. The Kier molecular flexibility index (Phi) is 5.60. The van der Waals surface area contributed by atoms with E-state index in [1.54, 1.807) is 6.20 Å². The number of fused-ring (bicyclic) bond motifs is 1. The first-order chi connectivity index (χ1) is 13.7. The molecule has 2 atom stereocenters. The number of hydrogen-bond acceptors (Lipinski definition) is 3. The van der Waals surface area contributed by atoms with Gasteiger partial charge in [0.05, 0.1) is 5.56 Å². The minimum Gasteiger partial charge on any atom is -0.378 e. The number of nitrogens with one attached hydrogen (secondary N) is 2. The molecule has 0 fully saturated rings. The number of benzene rings is 2. The molecule has 0 aliphatic heterocycles. The number of rotatable bonds is 6. The molecule has 3 aromatic rings. The number of aromatic nitrogens is 1. The van der Waals surface area contributed by atoms with Crippen LogP contribution >= 0.6 is 0 Å². The highest BCUT2D eigenvalue weighted by atomic mass is 19.4. The summed E-state index contributed by atoms with van der Waals surface area (Å²) in [6.07, 6.45) is -4.49. The van der Waals surface area contributed by atoms with Crippen LogP contribution in [0.15, 0.2) is 54.7 Å². The number of para-hydroxylation sites is 1. The lowest BCUT2D eigenvalue weighted by atomic mass is 10.0. The Balaban J connectivity index is 1.73. The van der Waals surface area contributed by atoms with E-state index >= 15 is 0 Å². The van der Waals surface area contributed by atoms with Crippen LogP contribution in [0.4, 0.5) is 13.2 Å². The van der Waals surface area contributed by atoms with E-state index in [0.29, 0.717) is 0 Å². The average Bonchev–Trinajstić information content (AvgIpc) is 3.09. The molecule has 5 N–H and O–H groups in total. The van der Waals surface area contributed by atoms with Gasteiger partial charge in [-0.25, -0.2) is 0 Å². The predicted octanol–water partition coefficient (Wildman–Crippen LogP) is 2.43. The fourth-order valence-corrected chi connectivity index (χ4v) is 3.00. The molecule has 29 heavy (non-hydrogen) atoms. The second kappa shape index (κ2) is 7.96. The Morgan fingerprint density at radius 1 is 1.10 bits per heavy atom. The van der Waals surface area contributed by atoms with Gasteiger partial charge < -0.3 is 21.1 Å². The molecule has 0 spiro atoms. The lowest BCUT2D eigenvalue weighted by Gasteiger charge is -2.18. The minimum atomic E-state index is -4.53. The van der Waals surface area contributed by atoms with Crippen molar-refractivity contribution in [1.29, 1.82) is 0 Å². The molecule has 0 radical (unpaired) electrons. The van der Waals surface area contributed by atoms with Crippen molar-refractivity contribution in [2.45, 2.75) is 24.7 Å². The number of halogens is 3. The van der Waals surface area contributed by atoms with E-state index in [9.17, 15) is 27.9 Å². The van der Waals surface area contributed by atoms with Crippen molar-refractivity contribution in [1.82, 2.24) is 10.3 Å². The lowest BCUT2D eigenvalue weighted by Crippen LogP contribution is -2.47. The largest absolute Gasteiger partial charge is 0.416 e. The summed E-state index contributed by atoms with van der Waals surface area (Å²) in [4.78, 5) is 27.2. The molecule has 0 unspecified atom stereocenters. The molecular weight excluding hydrogens is 387 g/mol. The van der Waals surface area contributed by atoms with Gasteiger partial charge in [-0.3, -0.25) is 9.59 Å². The fraction of sp³-hybridized carbons (Fsp3) is 0.200. The molecule has 3 rings (SSSR count). The molecular formula is C20H18F3N3O3. The highest BCUT2D eigenvalue weighted by molar-refractivity contribution is 5.90. The number of amides is 2. The second-order valence-electron chi connectivity index (χ2n) is 6.55. The Morgan fingerprint density at radius 2 is 1.76 bits per heavy atom. The van der Waals surface area contributed by atoms with E-state index in [2.05, 4.69) is 10.3 Å². The van der Waals surface area contributed by atoms with E-state index in [1.165, 1.54) is 0 Å². The van der Waals surface area contributed by atoms with Crippen molar-refractivity contribution in [3.8, 4) is 0 Å². The van der Waals surface area contributed by atoms with Crippen molar-refractivity contribution < 1.29 is 27.9 Å². The van der Waals surface area contributed by atoms with Crippen LogP contribution in [0.1, 0.15) is 22.8 Å². The molecule has 152 valence electrons. The van der Waals surface area contributed by atoms with Crippen LogP contribution in [0.25, 0.3) is 10.9 Å². The quantitative estimate of drug-likeness (QED) is 0.506. The molecule has 6 nitrogen and oxygen atoms in total. The molecule has 1 heterocycles. The summed E-state index contributed by atoms with van der Waals surface area (Å²) in [5, 5.41) is 13.4. The number of carbonyl (C=O) groups excluding carboxylic acids is 2. The molecule has 2 aromatic carbocycles. The van der Waals surface area contributed by atoms with Crippen molar-refractivity contribution in [2.24, 2.45) is 5.73 Å². The van der Waals surface area contributed by atoms with Crippen LogP contribution in [0, 0.1) is 0 Å². The third-order valence-corrected chi connectivity index (χ3v) is 4.56. The zero-order valence-corrected chi connectivity index (χ0v) is 15.0. The molecule has 0 bridgehead atoms. The van der Waals surface area contributed by atoms with Crippen molar-refractivity contribution in [2.75, 3.05) is 0 Å². The molecule has 9 heteroatoms. The molecule has 0 aliphatic rings. The van der Waals surface area contributed by atoms with Crippen molar-refractivity contribution in [3.63, 3.8) is 0 Å². The van der Waals surface area contributed by atoms with E-state index < -0.39 is 35.7 Å². The minimum absolute atomic E-state index is 0.0363. The first-order valence-electron chi connectivity index (χ1n) is 8.66. The Morgan fingerprint density at radius 3 is 2.38 bits per heavy atom. The zero-order valence-electron chi connectivity index (χ0n) is 15.0. The fourth-order valence-electron chi connectivity index (χ4n) is 3.00. The van der Waals surface area contributed by atoms with Gasteiger partial charge in [0.25, 0.3) is 5.91 Å². The topological polar surface area (TPSA) is 108 Å². The van der Waals surface area contributed by atoms with Crippen molar-refractivity contribution >= 4 is 22.7 Å². The van der Waals surface area contributed by atoms with Crippen LogP contribution in [0.2, 0.25) is 0 Å². The Hall–Kier alpha value is -3.33. The average molecular weight is 405 g/mol. The predicted molar refractivity (Wildman–Crippen MR) is 99.5 cm³/mol. The maximum Gasteiger partial charge on any atom is 0.416 e. The van der Waals surface area contributed by atoms with Crippen molar-refractivity contribution in [3.05, 3.63) is 71.4 Å². The summed E-state index contributed by atoms with van der Waals surface area (Å²) in [5.74, 6) is -1.74. The van der Waals surface area contributed by atoms with Crippen LogP contribution < -0.4 is 11.1 Å². The summed E-state index contributed by atoms with van der Waals surface area (Å²) in [6, 6.07) is 9.81. The van der Waals surface area contributed by atoms with Gasteiger partial charge in [-0.05, 0) is 29.3 Å². The maximum atomic E-state index is 12.6. The lowest BCUT2D eigenvalue weighted by molar-refractivity contribution is -0.137. The Labute approximate surface area is 163 Å². The van der Waals surface area contributed by atoms with Gasteiger partial charge in [0.15, 0.2) is 6.10 Å². The molecule has 0 saturated carbocycles. The number of nitrogens with two attached hydrogens (primary N) is 1. The first-order valence-corrected chi connectivity index (χ1v) is 8.66. The summed E-state index contributed by atoms with van der Waals surface area (Å²) in [7, 11) is 0. The number of hydrogen-bond donors (Lipinski definition) is 4. The van der Waals surface area contributed by atoms with Crippen LogP contribution in [-0.4, -0.2) is 27.9 Å². The zero-order chi connectivity index (χ0) is 21.2.